The van der Waals surface area contributed by atoms with Crippen LogP contribution in [-0.2, 0) is 10.8 Å². The van der Waals surface area contributed by atoms with Gasteiger partial charge in [-0.15, -0.1) is 0 Å². The van der Waals surface area contributed by atoms with Gasteiger partial charge in [0.2, 0.25) is 0 Å². The van der Waals surface area contributed by atoms with Crippen LogP contribution >= 0.6 is 0 Å². The van der Waals surface area contributed by atoms with Crippen molar-refractivity contribution in [3.05, 3.63) is 0 Å². The Morgan fingerprint density at radius 1 is 1.31 bits per heavy atom. The lowest BCUT2D eigenvalue weighted by molar-refractivity contribution is 0.552. The van der Waals surface area contributed by atoms with E-state index in [1.165, 1.54) is 0 Å². The summed E-state index contributed by atoms with van der Waals surface area (Å²) in [5, 5.41) is 3.35. The monoisotopic (exact) mass is 205 g/mol. The summed E-state index contributed by atoms with van der Waals surface area (Å²) in [4.78, 5) is 0. The smallest absolute Gasteiger partial charge is 0.0388 e. The summed E-state index contributed by atoms with van der Waals surface area (Å²) in [5.74, 6) is 1.70. The zero-order chi connectivity index (χ0) is 10.1. The van der Waals surface area contributed by atoms with E-state index in [0.29, 0.717) is 6.04 Å². The molecule has 2 nitrogen and oxygen atoms in total. The number of unbranched alkanes of at least 4 members (excludes halogenated alkanes) is 1. The van der Waals surface area contributed by atoms with Crippen LogP contribution in [0.15, 0.2) is 0 Å². The second-order valence-electron chi connectivity index (χ2n) is 3.33. The topological polar surface area (TPSA) is 29.1 Å². The van der Waals surface area contributed by atoms with Crippen LogP contribution in [0.25, 0.3) is 0 Å². The van der Waals surface area contributed by atoms with Crippen LogP contribution in [0.4, 0.5) is 0 Å². The molecule has 0 spiro atoms. The van der Waals surface area contributed by atoms with E-state index in [4.69, 9.17) is 0 Å². The molecule has 0 amide bonds. The predicted molar refractivity (Wildman–Crippen MR) is 60.5 cm³/mol. The molecule has 1 N–H and O–H groups in total. The van der Waals surface area contributed by atoms with Gasteiger partial charge in [0.05, 0.1) is 0 Å². The van der Waals surface area contributed by atoms with Crippen molar-refractivity contribution in [3.8, 4) is 0 Å². The Hall–Kier alpha value is 0.110. The molecule has 0 aliphatic heterocycles. The summed E-state index contributed by atoms with van der Waals surface area (Å²) < 4.78 is 11.5. The van der Waals surface area contributed by atoms with Crippen LogP contribution < -0.4 is 5.32 Å². The summed E-state index contributed by atoms with van der Waals surface area (Å²) in [5.41, 5.74) is 0. The van der Waals surface area contributed by atoms with Gasteiger partial charge in [0.1, 0.15) is 0 Å². The Morgan fingerprint density at radius 3 is 2.46 bits per heavy atom. The molecule has 0 aliphatic carbocycles. The van der Waals surface area contributed by atoms with Gasteiger partial charge in [0.25, 0.3) is 0 Å². The van der Waals surface area contributed by atoms with Crippen LogP contribution in [0.1, 0.15) is 40.0 Å². The molecule has 0 rings (SSSR count). The average molecular weight is 205 g/mol. The first-order valence-corrected chi connectivity index (χ1v) is 6.81. The molecule has 0 saturated heterocycles. The SMILES string of the molecule is CCCCS(=O)CC(CC)NCC. The standard InChI is InChI=1S/C10H23NOS/c1-4-7-8-13(12)9-10(5-2)11-6-3/h10-11H,4-9H2,1-3H3. The lowest BCUT2D eigenvalue weighted by Crippen LogP contribution is -2.33. The average Bonchev–Trinajstić information content (AvgIpc) is 2.14. The molecule has 0 aromatic rings. The molecule has 0 saturated carbocycles. The fourth-order valence-electron chi connectivity index (χ4n) is 1.22. The molecule has 80 valence electrons. The van der Waals surface area contributed by atoms with Gasteiger partial charge in [-0.1, -0.05) is 27.2 Å². The summed E-state index contributed by atoms with van der Waals surface area (Å²) in [6, 6.07) is 0.447. The molecule has 0 bridgehead atoms. The normalized spacial score (nSPS) is 15.6. The van der Waals surface area contributed by atoms with E-state index in [2.05, 4.69) is 26.1 Å². The zero-order valence-electron chi connectivity index (χ0n) is 9.14. The first-order chi connectivity index (χ1) is 6.24. The maximum absolute atomic E-state index is 11.5. The minimum absolute atomic E-state index is 0.447. The van der Waals surface area contributed by atoms with Crippen LogP contribution in [0.3, 0.4) is 0 Å². The van der Waals surface area contributed by atoms with Gasteiger partial charge in [0, 0.05) is 28.3 Å². The third kappa shape index (κ3) is 7.20. The Morgan fingerprint density at radius 2 is 2.00 bits per heavy atom. The highest BCUT2D eigenvalue weighted by atomic mass is 32.2. The predicted octanol–water partition coefficient (Wildman–Crippen LogP) is 1.92. The fraction of sp³-hybridized carbons (Fsp3) is 1.00. The van der Waals surface area contributed by atoms with Crippen molar-refractivity contribution < 1.29 is 4.21 Å². The van der Waals surface area contributed by atoms with Gasteiger partial charge in [-0.3, -0.25) is 4.21 Å². The van der Waals surface area contributed by atoms with Crippen molar-refractivity contribution in [1.82, 2.24) is 5.32 Å². The summed E-state index contributed by atoms with van der Waals surface area (Å²) >= 11 is 0. The number of nitrogens with one attached hydrogen (secondary N) is 1. The second kappa shape index (κ2) is 8.70. The fourth-order valence-corrected chi connectivity index (χ4v) is 2.80. The van der Waals surface area contributed by atoms with E-state index in [1.807, 2.05) is 0 Å². The van der Waals surface area contributed by atoms with Crippen LogP contribution in [0.5, 0.6) is 0 Å². The molecule has 0 fully saturated rings. The first-order valence-electron chi connectivity index (χ1n) is 5.32. The highest BCUT2D eigenvalue weighted by Crippen LogP contribution is 1.98. The van der Waals surface area contributed by atoms with E-state index in [0.717, 1.165) is 37.3 Å². The van der Waals surface area contributed by atoms with Gasteiger partial charge in [-0.05, 0) is 19.4 Å². The van der Waals surface area contributed by atoms with Crippen LogP contribution in [0.2, 0.25) is 0 Å². The molecule has 13 heavy (non-hydrogen) atoms. The largest absolute Gasteiger partial charge is 0.313 e. The Kier molecular flexibility index (Phi) is 8.77. The van der Waals surface area contributed by atoms with E-state index < -0.39 is 10.8 Å². The Balaban J connectivity index is 3.60. The Labute approximate surface area is 84.9 Å². The van der Waals surface area contributed by atoms with E-state index >= 15 is 0 Å². The molecule has 0 aromatic heterocycles. The highest BCUT2D eigenvalue weighted by Gasteiger charge is 2.08. The molecule has 3 heteroatoms. The lowest BCUT2D eigenvalue weighted by Gasteiger charge is -2.14. The van der Waals surface area contributed by atoms with Crippen molar-refractivity contribution in [2.24, 2.45) is 0 Å². The molecule has 2 unspecified atom stereocenters. The van der Waals surface area contributed by atoms with Gasteiger partial charge in [-0.2, -0.15) is 0 Å². The first kappa shape index (κ1) is 13.1. The van der Waals surface area contributed by atoms with Crippen molar-refractivity contribution in [2.75, 3.05) is 18.1 Å². The molecule has 0 radical (unpaired) electrons. The second-order valence-corrected chi connectivity index (χ2v) is 4.95. The van der Waals surface area contributed by atoms with Crippen molar-refractivity contribution in [1.29, 1.82) is 0 Å². The van der Waals surface area contributed by atoms with E-state index in [-0.39, 0.29) is 0 Å². The lowest BCUT2D eigenvalue weighted by atomic mass is 10.2. The maximum Gasteiger partial charge on any atom is 0.0388 e. The van der Waals surface area contributed by atoms with Gasteiger partial charge in [-0.25, -0.2) is 0 Å². The van der Waals surface area contributed by atoms with Crippen molar-refractivity contribution in [3.63, 3.8) is 0 Å². The van der Waals surface area contributed by atoms with Gasteiger partial charge in [0.15, 0.2) is 0 Å². The third-order valence-corrected chi connectivity index (χ3v) is 3.62. The summed E-state index contributed by atoms with van der Waals surface area (Å²) in [6.45, 7) is 7.35. The number of rotatable bonds is 8. The highest BCUT2D eigenvalue weighted by molar-refractivity contribution is 7.85. The molecule has 0 aromatic carbocycles. The zero-order valence-corrected chi connectivity index (χ0v) is 9.95. The molecule has 0 aliphatic rings. The third-order valence-electron chi connectivity index (χ3n) is 2.10. The van der Waals surface area contributed by atoms with Gasteiger partial charge < -0.3 is 5.32 Å². The molecule has 0 heterocycles. The van der Waals surface area contributed by atoms with Gasteiger partial charge >= 0.3 is 0 Å². The van der Waals surface area contributed by atoms with E-state index in [1.54, 1.807) is 0 Å². The minimum Gasteiger partial charge on any atom is -0.313 e. The minimum atomic E-state index is -0.614. The quantitative estimate of drug-likeness (QED) is 0.656. The van der Waals surface area contributed by atoms with E-state index in [9.17, 15) is 4.21 Å². The van der Waals surface area contributed by atoms with Crippen molar-refractivity contribution >= 4 is 10.8 Å². The summed E-state index contributed by atoms with van der Waals surface area (Å²) in [6.07, 6.45) is 3.31. The Bertz CT molecular complexity index is 139. The van der Waals surface area contributed by atoms with Crippen LogP contribution in [0, 0.1) is 0 Å². The molecule has 2 atom stereocenters. The van der Waals surface area contributed by atoms with Crippen molar-refractivity contribution in [2.45, 2.75) is 46.1 Å². The molecular formula is C10H23NOS. The number of hydrogen-bond donors (Lipinski definition) is 1. The van der Waals surface area contributed by atoms with Crippen LogP contribution in [-0.4, -0.2) is 28.3 Å². The summed E-state index contributed by atoms with van der Waals surface area (Å²) in [7, 11) is -0.614. The number of hydrogen-bond acceptors (Lipinski definition) is 2. The maximum atomic E-state index is 11.5. The molecular weight excluding hydrogens is 182 g/mol.